The van der Waals surface area contributed by atoms with E-state index in [1.807, 2.05) is 31.2 Å². The van der Waals surface area contributed by atoms with E-state index in [1.54, 1.807) is 0 Å². The van der Waals surface area contributed by atoms with Crippen LogP contribution in [0.25, 0.3) is 11.4 Å². The van der Waals surface area contributed by atoms with Crippen molar-refractivity contribution in [1.29, 1.82) is 0 Å². The molecule has 1 aromatic heterocycles. The molecule has 0 spiro atoms. The molecule has 0 aliphatic heterocycles. The standard InChI is InChI=1S/C11H10N2O3/c1-7-2-4-8(5-3-7)11-12-9(16-13-11)6-10(14)15/h2-5H,6H2,1H3,(H,14,15). The van der Waals surface area contributed by atoms with Crippen molar-refractivity contribution in [2.45, 2.75) is 13.3 Å². The van der Waals surface area contributed by atoms with Crippen molar-refractivity contribution in [3.8, 4) is 11.4 Å². The highest BCUT2D eigenvalue weighted by Gasteiger charge is 2.11. The average Bonchev–Trinajstić information content (AvgIpc) is 2.66. The molecular formula is C11H10N2O3. The zero-order valence-electron chi connectivity index (χ0n) is 8.67. The predicted octanol–water partition coefficient (Wildman–Crippen LogP) is 1.67. The van der Waals surface area contributed by atoms with Crippen molar-refractivity contribution < 1.29 is 14.4 Å². The molecule has 0 saturated carbocycles. The Morgan fingerprint density at radius 1 is 1.38 bits per heavy atom. The van der Waals surface area contributed by atoms with E-state index in [0.717, 1.165) is 11.1 Å². The molecule has 5 heteroatoms. The lowest BCUT2D eigenvalue weighted by Crippen LogP contribution is -1.99. The van der Waals surface area contributed by atoms with E-state index in [0.29, 0.717) is 5.82 Å². The van der Waals surface area contributed by atoms with Gasteiger partial charge in [0, 0.05) is 5.56 Å². The van der Waals surface area contributed by atoms with Gasteiger partial charge in [0.05, 0.1) is 0 Å². The van der Waals surface area contributed by atoms with E-state index >= 15 is 0 Å². The van der Waals surface area contributed by atoms with Crippen LogP contribution in [-0.4, -0.2) is 21.2 Å². The van der Waals surface area contributed by atoms with Crippen molar-refractivity contribution in [2.75, 3.05) is 0 Å². The Hall–Kier alpha value is -2.17. The smallest absolute Gasteiger partial charge is 0.312 e. The van der Waals surface area contributed by atoms with Crippen LogP contribution >= 0.6 is 0 Å². The molecule has 0 aliphatic carbocycles. The van der Waals surface area contributed by atoms with Gasteiger partial charge in [0.1, 0.15) is 6.42 Å². The molecule has 0 atom stereocenters. The number of aliphatic carboxylic acids is 1. The van der Waals surface area contributed by atoms with Crippen LogP contribution in [0.15, 0.2) is 28.8 Å². The van der Waals surface area contributed by atoms with Crippen molar-refractivity contribution in [3.05, 3.63) is 35.7 Å². The Kier molecular flexibility index (Phi) is 2.68. The van der Waals surface area contributed by atoms with Crippen LogP contribution in [0.3, 0.4) is 0 Å². The summed E-state index contributed by atoms with van der Waals surface area (Å²) < 4.78 is 4.82. The maximum Gasteiger partial charge on any atom is 0.312 e. The molecule has 0 amide bonds. The van der Waals surface area contributed by atoms with Gasteiger partial charge in [-0.3, -0.25) is 4.79 Å². The maximum atomic E-state index is 10.4. The van der Waals surface area contributed by atoms with Gasteiger partial charge in [0.2, 0.25) is 11.7 Å². The second-order valence-electron chi connectivity index (χ2n) is 3.45. The van der Waals surface area contributed by atoms with Gasteiger partial charge in [-0.05, 0) is 6.92 Å². The van der Waals surface area contributed by atoms with Crippen LogP contribution in [-0.2, 0) is 11.2 Å². The number of rotatable bonds is 3. The average molecular weight is 218 g/mol. The minimum Gasteiger partial charge on any atom is -0.481 e. The van der Waals surface area contributed by atoms with Gasteiger partial charge in [-0.25, -0.2) is 0 Å². The third kappa shape index (κ3) is 2.25. The molecular weight excluding hydrogens is 208 g/mol. The van der Waals surface area contributed by atoms with Crippen LogP contribution in [0.4, 0.5) is 0 Å². The molecule has 0 bridgehead atoms. The van der Waals surface area contributed by atoms with Gasteiger partial charge in [-0.2, -0.15) is 4.98 Å². The fourth-order valence-corrected chi connectivity index (χ4v) is 1.28. The fourth-order valence-electron chi connectivity index (χ4n) is 1.28. The number of carboxylic acid groups (broad SMARTS) is 1. The normalized spacial score (nSPS) is 10.3. The van der Waals surface area contributed by atoms with Crippen LogP contribution in [0.5, 0.6) is 0 Å². The van der Waals surface area contributed by atoms with Gasteiger partial charge in [-0.15, -0.1) is 0 Å². The lowest BCUT2D eigenvalue weighted by molar-refractivity contribution is -0.136. The molecule has 2 aromatic rings. The minimum atomic E-state index is -0.987. The van der Waals surface area contributed by atoms with Gasteiger partial charge in [0.25, 0.3) is 0 Å². The van der Waals surface area contributed by atoms with Crippen molar-refractivity contribution in [2.24, 2.45) is 0 Å². The van der Waals surface area contributed by atoms with Gasteiger partial charge < -0.3 is 9.63 Å². The highest BCUT2D eigenvalue weighted by Crippen LogP contribution is 2.16. The first kappa shape index (κ1) is 10.4. The van der Waals surface area contributed by atoms with Crippen LogP contribution in [0, 0.1) is 6.92 Å². The van der Waals surface area contributed by atoms with E-state index in [4.69, 9.17) is 9.63 Å². The Morgan fingerprint density at radius 3 is 2.69 bits per heavy atom. The maximum absolute atomic E-state index is 10.4. The molecule has 0 fully saturated rings. The Balaban J connectivity index is 2.24. The molecule has 1 aromatic carbocycles. The Bertz CT molecular complexity index is 502. The van der Waals surface area contributed by atoms with E-state index < -0.39 is 5.97 Å². The minimum absolute atomic E-state index is 0.114. The first-order valence-corrected chi connectivity index (χ1v) is 4.76. The van der Waals surface area contributed by atoms with E-state index in [-0.39, 0.29) is 12.3 Å². The summed E-state index contributed by atoms with van der Waals surface area (Å²) in [7, 11) is 0. The zero-order chi connectivity index (χ0) is 11.5. The predicted molar refractivity (Wildman–Crippen MR) is 55.8 cm³/mol. The van der Waals surface area contributed by atoms with E-state index in [2.05, 4.69) is 10.1 Å². The molecule has 0 aliphatic rings. The Labute approximate surface area is 91.7 Å². The molecule has 0 radical (unpaired) electrons. The highest BCUT2D eigenvalue weighted by atomic mass is 16.5. The summed E-state index contributed by atoms with van der Waals surface area (Å²) in [4.78, 5) is 14.4. The third-order valence-electron chi connectivity index (χ3n) is 2.08. The van der Waals surface area contributed by atoms with Crippen LogP contribution in [0.2, 0.25) is 0 Å². The quantitative estimate of drug-likeness (QED) is 0.847. The summed E-state index contributed by atoms with van der Waals surface area (Å²) in [5.74, 6) is -0.460. The molecule has 16 heavy (non-hydrogen) atoms. The second-order valence-corrected chi connectivity index (χ2v) is 3.45. The number of benzene rings is 1. The van der Waals surface area contributed by atoms with Gasteiger partial charge in [-0.1, -0.05) is 35.0 Å². The van der Waals surface area contributed by atoms with Gasteiger partial charge >= 0.3 is 5.97 Å². The first-order valence-electron chi connectivity index (χ1n) is 4.76. The monoisotopic (exact) mass is 218 g/mol. The lowest BCUT2D eigenvalue weighted by Gasteiger charge is -1.94. The molecule has 0 unspecified atom stereocenters. The summed E-state index contributed by atoms with van der Waals surface area (Å²) in [6.07, 6.45) is -0.251. The molecule has 1 heterocycles. The summed E-state index contributed by atoms with van der Waals surface area (Å²) in [6.45, 7) is 1.98. The Morgan fingerprint density at radius 2 is 2.06 bits per heavy atom. The highest BCUT2D eigenvalue weighted by molar-refractivity contribution is 5.69. The number of aromatic nitrogens is 2. The number of carbonyl (C=O) groups is 1. The zero-order valence-corrected chi connectivity index (χ0v) is 8.67. The van der Waals surface area contributed by atoms with Crippen LogP contribution in [0.1, 0.15) is 11.5 Å². The molecule has 1 N–H and O–H groups in total. The number of nitrogens with zero attached hydrogens (tertiary/aromatic N) is 2. The van der Waals surface area contributed by atoms with Crippen molar-refractivity contribution in [3.63, 3.8) is 0 Å². The van der Waals surface area contributed by atoms with Crippen LogP contribution < -0.4 is 0 Å². The van der Waals surface area contributed by atoms with E-state index in [9.17, 15) is 4.79 Å². The number of hydrogen-bond donors (Lipinski definition) is 1. The number of hydrogen-bond acceptors (Lipinski definition) is 4. The summed E-state index contributed by atoms with van der Waals surface area (Å²) in [5.41, 5.74) is 1.95. The largest absolute Gasteiger partial charge is 0.481 e. The molecule has 2 rings (SSSR count). The first-order chi connectivity index (χ1) is 7.65. The number of carboxylic acids is 1. The van der Waals surface area contributed by atoms with Crippen molar-refractivity contribution in [1.82, 2.24) is 10.1 Å². The topological polar surface area (TPSA) is 76.2 Å². The molecule has 82 valence electrons. The molecule has 0 saturated heterocycles. The fraction of sp³-hybridized carbons (Fsp3) is 0.182. The lowest BCUT2D eigenvalue weighted by atomic mass is 10.1. The molecule has 5 nitrogen and oxygen atoms in total. The summed E-state index contributed by atoms with van der Waals surface area (Å²) in [5, 5.41) is 12.3. The SMILES string of the molecule is Cc1ccc(-c2noc(CC(=O)O)n2)cc1. The van der Waals surface area contributed by atoms with Crippen molar-refractivity contribution >= 4 is 5.97 Å². The van der Waals surface area contributed by atoms with E-state index in [1.165, 1.54) is 0 Å². The summed E-state index contributed by atoms with van der Waals surface area (Å²) in [6, 6.07) is 7.60. The van der Waals surface area contributed by atoms with Gasteiger partial charge in [0.15, 0.2) is 0 Å². The number of aryl methyl sites for hydroxylation is 1. The second kappa shape index (κ2) is 4.14. The third-order valence-corrected chi connectivity index (χ3v) is 2.08. The summed E-state index contributed by atoms with van der Waals surface area (Å²) >= 11 is 0.